The molecule has 1 atom stereocenters. The molecule has 4 aromatic rings. The molecule has 0 aliphatic rings. The van der Waals surface area contributed by atoms with E-state index in [-0.39, 0.29) is 11.7 Å². The first-order chi connectivity index (χ1) is 18.1. The Hall–Kier alpha value is -2.78. The number of benzene rings is 3. The minimum absolute atomic E-state index is 0.0584. The molecule has 0 saturated heterocycles. The summed E-state index contributed by atoms with van der Waals surface area (Å²) in [4.78, 5) is 15.6. The average Bonchev–Trinajstić information content (AvgIpc) is 3.29. The topological polar surface area (TPSA) is 64.4 Å². The van der Waals surface area contributed by atoms with Crippen molar-refractivity contribution in [1.29, 1.82) is 0 Å². The predicted octanol–water partition coefficient (Wildman–Crippen LogP) is 8.21. The van der Waals surface area contributed by atoms with Gasteiger partial charge in [0.05, 0.1) is 21.9 Å². The predicted molar refractivity (Wildman–Crippen MR) is 146 cm³/mol. The smallest absolute Gasteiger partial charge is 0.341 e. The third-order valence-electron chi connectivity index (χ3n) is 5.68. The van der Waals surface area contributed by atoms with Gasteiger partial charge in [0.15, 0.2) is 23.3 Å². The number of imidazole rings is 1. The average molecular weight is 598 g/mol. The van der Waals surface area contributed by atoms with E-state index in [0.717, 1.165) is 16.8 Å². The molecule has 0 aliphatic heterocycles. The van der Waals surface area contributed by atoms with Gasteiger partial charge >= 0.3 is 5.97 Å². The molecule has 1 aromatic heterocycles. The molecule has 0 bridgehead atoms. The van der Waals surface area contributed by atoms with Crippen molar-refractivity contribution in [2.45, 2.75) is 30.2 Å². The number of halogens is 5. The molecule has 0 radical (unpaired) electrons. The standard InChI is InChI=1S/C27H21Cl3F2N2O3S/c1-15(8-16-2-6-20(28)22(30)9-16)24-12-33-27(38-14-17-3-4-18(31)10-21(17)29)34(24)19-5-7-23(32)25(11-19)37-13-26(35)36/h2-7,9-12,15H,8,13-14H2,1H3,(H,35,36). The molecule has 4 rings (SSSR count). The maximum atomic E-state index is 14.4. The minimum atomic E-state index is -1.22. The van der Waals surface area contributed by atoms with E-state index < -0.39 is 24.2 Å². The van der Waals surface area contributed by atoms with Crippen LogP contribution in [0, 0.1) is 11.6 Å². The molecule has 1 heterocycles. The van der Waals surface area contributed by atoms with Gasteiger partial charge in [-0.1, -0.05) is 65.6 Å². The van der Waals surface area contributed by atoms with Crippen molar-refractivity contribution in [1.82, 2.24) is 9.55 Å². The molecule has 198 valence electrons. The van der Waals surface area contributed by atoms with Crippen LogP contribution < -0.4 is 4.74 Å². The lowest BCUT2D eigenvalue weighted by Gasteiger charge is -2.18. The molecule has 38 heavy (non-hydrogen) atoms. The Bertz CT molecular complexity index is 1480. The molecule has 0 fully saturated rings. The summed E-state index contributed by atoms with van der Waals surface area (Å²) in [5, 5.41) is 10.8. The van der Waals surface area contributed by atoms with Crippen molar-refractivity contribution in [3.05, 3.63) is 104 Å². The van der Waals surface area contributed by atoms with Crippen LogP contribution in [0.1, 0.15) is 29.7 Å². The number of rotatable bonds is 10. The minimum Gasteiger partial charge on any atom is -0.479 e. The number of nitrogens with zero attached hydrogens (tertiary/aromatic N) is 2. The van der Waals surface area contributed by atoms with Crippen molar-refractivity contribution < 1.29 is 23.4 Å². The first-order valence-electron chi connectivity index (χ1n) is 11.3. The van der Waals surface area contributed by atoms with Gasteiger partial charge in [0.1, 0.15) is 5.82 Å². The van der Waals surface area contributed by atoms with Crippen molar-refractivity contribution >= 4 is 52.5 Å². The van der Waals surface area contributed by atoms with Crippen molar-refractivity contribution in [2.75, 3.05) is 6.61 Å². The first kappa shape index (κ1) is 28.2. The van der Waals surface area contributed by atoms with Gasteiger partial charge < -0.3 is 9.84 Å². The molecular weight excluding hydrogens is 577 g/mol. The van der Waals surface area contributed by atoms with E-state index >= 15 is 0 Å². The third kappa shape index (κ3) is 6.80. The highest BCUT2D eigenvalue weighted by atomic mass is 35.5. The van der Waals surface area contributed by atoms with Gasteiger partial charge in [0.2, 0.25) is 0 Å². The van der Waals surface area contributed by atoms with Crippen LogP contribution in [0.15, 0.2) is 66.0 Å². The molecule has 3 aromatic carbocycles. The second-order valence-electron chi connectivity index (χ2n) is 8.48. The SMILES string of the molecule is CC(Cc1ccc(Cl)c(Cl)c1)c1cnc(SCc2ccc(F)cc2Cl)n1-c1ccc(F)c(OCC(=O)O)c1. The Morgan fingerprint density at radius 3 is 2.55 bits per heavy atom. The number of hydrogen-bond acceptors (Lipinski definition) is 4. The third-order valence-corrected chi connectivity index (χ3v) is 7.78. The summed E-state index contributed by atoms with van der Waals surface area (Å²) in [5.74, 6) is -2.19. The summed E-state index contributed by atoms with van der Waals surface area (Å²) in [5.41, 5.74) is 3.05. The summed E-state index contributed by atoms with van der Waals surface area (Å²) in [7, 11) is 0. The molecule has 0 aliphatic carbocycles. The van der Waals surface area contributed by atoms with Gasteiger partial charge in [0.25, 0.3) is 0 Å². The number of aliphatic carboxylic acids is 1. The maximum absolute atomic E-state index is 14.4. The van der Waals surface area contributed by atoms with Crippen LogP contribution in [0.4, 0.5) is 8.78 Å². The molecular formula is C27H21Cl3F2N2O3S. The van der Waals surface area contributed by atoms with Crippen LogP contribution in [-0.4, -0.2) is 27.2 Å². The van der Waals surface area contributed by atoms with E-state index in [1.165, 1.54) is 36.0 Å². The molecule has 0 amide bonds. The second kappa shape index (κ2) is 12.4. The van der Waals surface area contributed by atoms with E-state index in [2.05, 4.69) is 4.98 Å². The second-order valence-corrected chi connectivity index (χ2v) is 10.6. The highest BCUT2D eigenvalue weighted by Crippen LogP contribution is 2.34. The molecule has 1 unspecified atom stereocenters. The number of aromatic nitrogens is 2. The zero-order valence-electron chi connectivity index (χ0n) is 19.9. The summed E-state index contributed by atoms with van der Waals surface area (Å²) in [6.45, 7) is 1.34. The highest BCUT2D eigenvalue weighted by Gasteiger charge is 2.20. The van der Waals surface area contributed by atoms with Gasteiger partial charge in [-0.15, -0.1) is 0 Å². The van der Waals surface area contributed by atoms with E-state index in [1.54, 1.807) is 24.4 Å². The Morgan fingerprint density at radius 2 is 1.84 bits per heavy atom. The lowest BCUT2D eigenvalue weighted by atomic mass is 9.98. The van der Waals surface area contributed by atoms with Crippen LogP contribution in [0.25, 0.3) is 5.69 Å². The molecule has 1 N–H and O–H groups in total. The van der Waals surface area contributed by atoms with Crippen LogP contribution in [0.3, 0.4) is 0 Å². The summed E-state index contributed by atoms with van der Waals surface area (Å²) < 4.78 is 34.9. The highest BCUT2D eigenvalue weighted by molar-refractivity contribution is 7.98. The largest absolute Gasteiger partial charge is 0.479 e. The quantitative estimate of drug-likeness (QED) is 0.187. The number of ether oxygens (including phenoxy) is 1. The molecule has 0 spiro atoms. The summed E-state index contributed by atoms with van der Waals surface area (Å²) in [6, 6.07) is 13.9. The van der Waals surface area contributed by atoms with Gasteiger partial charge in [-0.05, 0) is 53.9 Å². The Balaban J connectivity index is 1.71. The van der Waals surface area contributed by atoms with Crippen LogP contribution in [0.5, 0.6) is 5.75 Å². The zero-order valence-corrected chi connectivity index (χ0v) is 23.0. The Labute approximate surface area is 237 Å². The Kier molecular flexibility index (Phi) is 9.20. The number of carboxylic acids is 1. The normalized spacial score (nSPS) is 11.9. The van der Waals surface area contributed by atoms with E-state index in [0.29, 0.717) is 38.1 Å². The van der Waals surface area contributed by atoms with Gasteiger partial charge in [-0.3, -0.25) is 4.57 Å². The number of carbonyl (C=O) groups is 1. The van der Waals surface area contributed by atoms with E-state index in [4.69, 9.17) is 44.6 Å². The van der Waals surface area contributed by atoms with Gasteiger partial charge in [-0.2, -0.15) is 0 Å². The van der Waals surface area contributed by atoms with Crippen molar-refractivity contribution in [2.24, 2.45) is 0 Å². The van der Waals surface area contributed by atoms with E-state index in [1.807, 2.05) is 23.6 Å². The molecule has 0 saturated carbocycles. The maximum Gasteiger partial charge on any atom is 0.341 e. The number of carboxylic acid groups (broad SMARTS) is 1. The summed E-state index contributed by atoms with van der Waals surface area (Å²) in [6.07, 6.45) is 2.35. The van der Waals surface area contributed by atoms with Crippen LogP contribution >= 0.6 is 46.6 Å². The molecule has 11 heteroatoms. The van der Waals surface area contributed by atoms with Crippen molar-refractivity contribution in [3.8, 4) is 11.4 Å². The fourth-order valence-corrected chi connectivity index (χ4v) is 5.48. The van der Waals surface area contributed by atoms with Crippen LogP contribution in [0.2, 0.25) is 15.1 Å². The monoisotopic (exact) mass is 596 g/mol. The molecule has 5 nitrogen and oxygen atoms in total. The van der Waals surface area contributed by atoms with Crippen molar-refractivity contribution in [3.63, 3.8) is 0 Å². The van der Waals surface area contributed by atoms with E-state index in [9.17, 15) is 13.6 Å². The lowest BCUT2D eigenvalue weighted by Crippen LogP contribution is -2.11. The number of hydrogen-bond donors (Lipinski definition) is 1. The lowest BCUT2D eigenvalue weighted by molar-refractivity contribution is -0.139. The van der Waals surface area contributed by atoms with Gasteiger partial charge in [0, 0.05) is 28.5 Å². The first-order valence-corrected chi connectivity index (χ1v) is 13.5. The van der Waals surface area contributed by atoms with Gasteiger partial charge in [-0.25, -0.2) is 18.6 Å². The Morgan fingerprint density at radius 1 is 1.05 bits per heavy atom. The van der Waals surface area contributed by atoms with Crippen LogP contribution in [-0.2, 0) is 17.0 Å². The fourth-order valence-electron chi connectivity index (χ4n) is 3.84. The fraction of sp³-hybridized carbons (Fsp3) is 0.185. The zero-order chi connectivity index (χ0) is 27.4. The number of thioether (sulfide) groups is 1. The summed E-state index contributed by atoms with van der Waals surface area (Å²) >= 11 is 19.8.